The number of carboxylic acids is 1. The smallest absolute Gasteiger partial charge is 0.340 e. The van der Waals surface area contributed by atoms with Gasteiger partial charge in [0.15, 0.2) is 0 Å². The van der Waals surface area contributed by atoms with E-state index in [9.17, 15) is 13.2 Å². The average molecular weight is 291 g/mol. The lowest BCUT2D eigenvalue weighted by atomic mass is 10.2. The third-order valence-corrected chi connectivity index (χ3v) is 4.40. The summed E-state index contributed by atoms with van der Waals surface area (Å²) >= 11 is 0. The first-order chi connectivity index (χ1) is 8.74. The van der Waals surface area contributed by atoms with Gasteiger partial charge in [0.2, 0.25) is 10.0 Å². The Balaban J connectivity index is 3.33. The lowest BCUT2D eigenvalue weighted by Crippen LogP contribution is -2.37. The number of carboxylic acid groups (broad SMARTS) is 1. The van der Waals surface area contributed by atoms with Crippen LogP contribution in [0.25, 0.3) is 0 Å². The first-order valence-corrected chi connectivity index (χ1v) is 7.19. The first kappa shape index (κ1) is 15.7. The summed E-state index contributed by atoms with van der Waals surface area (Å²) in [6.45, 7) is 4.11. The minimum Gasteiger partial charge on any atom is -0.478 e. The number of furan rings is 1. The summed E-state index contributed by atoms with van der Waals surface area (Å²) < 4.78 is 31.7. The topological polar surface area (TPSA) is 117 Å². The van der Waals surface area contributed by atoms with Crippen molar-refractivity contribution in [3.63, 3.8) is 0 Å². The monoisotopic (exact) mass is 291 g/mol. The molecule has 108 valence electrons. The Morgan fingerprint density at radius 3 is 2.37 bits per heavy atom. The van der Waals surface area contributed by atoms with Crippen LogP contribution in [-0.2, 0) is 10.0 Å². The van der Waals surface area contributed by atoms with Crippen molar-refractivity contribution in [2.45, 2.75) is 38.1 Å². The van der Waals surface area contributed by atoms with Gasteiger partial charge in [-0.25, -0.2) is 17.9 Å². The molecule has 1 atom stereocenters. The molecule has 0 bridgehead atoms. The number of rotatable bonds is 6. The normalized spacial score (nSPS) is 13.5. The van der Waals surface area contributed by atoms with Crippen molar-refractivity contribution in [3.05, 3.63) is 17.1 Å². The number of nitrogens with one attached hydrogen (secondary N) is 1. The maximum Gasteiger partial charge on any atom is 0.340 e. The van der Waals surface area contributed by atoms with Crippen molar-refractivity contribution < 1.29 is 27.8 Å². The molecule has 0 unspecified atom stereocenters. The van der Waals surface area contributed by atoms with Gasteiger partial charge in [-0.05, 0) is 20.3 Å². The van der Waals surface area contributed by atoms with E-state index in [-0.39, 0.29) is 28.6 Å². The molecule has 3 N–H and O–H groups in total. The third-order valence-electron chi connectivity index (χ3n) is 2.72. The predicted octanol–water partition coefficient (Wildman–Crippen LogP) is 0.644. The highest BCUT2D eigenvalue weighted by atomic mass is 32.2. The summed E-state index contributed by atoms with van der Waals surface area (Å²) in [6, 6.07) is -0.666. The van der Waals surface area contributed by atoms with Gasteiger partial charge in [-0.15, -0.1) is 0 Å². The van der Waals surface area contributed by atoms with Gasteiger partial charge < -0.3 is 14.6 Å². The highest BCUT2D eigenvalue weighted by Crippen LogP contribution is 2.26. The maximum atomic E-state index is 12.2. The van der Waals surface area contributed by atoms with E-state index in [1.807, 2.05) is 0 Å². The third kappa shape index (κ3) is 3.14. The van der Waals surface area contributed by atoms with Crippen molar-refractivity contribution in [1.29, 1.82) is 0 Å². The largest absolute Gasteiger partial charge is 0.478 e. The Kier molecular flexibility index (Phi) is 4.72. The SMILES string of the molecule is CC[C@@H](CO)NS(=O)(=O)c1c(C)oc(C)c1C(=O)O. The molecule has 0 radical (unpaired) electrons. The molecule has 0 saturated heterocycles. The molecule has 1 rings (SSSR count). The number of hydrogen-bond donors (Lipinski definition) is 3. The van der Waals surface area contributed by atoms with E-state index in [4.69, 9.17) is 14.6 Å². The standard InChI is InChI=1S/C11H17NO6S/c1-4-8(5-13)12-19(16,17)10-7(3)18-6(2)9(10)11(14)15/h8,12-13H,4-5H2,1-3H3,(H,14,15)/t8-/m0/s1. The van der Waals surface area contributed by atoms with Gasteiger partial charge >= 0.3 is 5.97 Å². The van der Waals surface area contributed by atoms with Crippen LogP contribution in [0.2, 0.25) is 0 Å². The van der Waals surface area contributed by atoms with Crippen molar-refractivity contribution in [2.24, 2.45) is 0 Å². The summed E-state index contributed by atoms with van der Waals surface area (Å²) in [5.41, 5.74) is -0.377. The number of aliphatic hydroxyl groups is 1. The van der Waals surface area contributed by atoms with Crippen LogP contribution in [0.4, 0.5) is 0 Å². The molecule has 1 heterocycles. The number of hydrogen-bond acceptors (Lipinski definition) is 5. The second kappa shape index (κ2) is 5.72. The number of aryl methyl sites for hydroxylation is 2. The molecule has 1 aromatic heterocycles. The van der Waals surface area contributed by atoms with Gasteiger partial charge in [-0.2, -0.15) is 0 Å². The number of carbonyl (C=O) groups is 1. The van der Waals surface area contributed by atoms with Crippen LogP contribution in [0.15, 0.2) is 9.31 Å². The van der Waals surface area contributed by atoms with Gasteiger partial charge in [0.05, 0.1) is 6.61 Å². The Morgan fingerprint density at radius 2 is 1.95 bits per heavy atom. The molecule has 0 aliphatic rings. The minimum absolute atomic E-state index is 0.00944. The van der Waals surface area contributed by atoms with Gasteiger partial charge in [0.25, 0.3) is 0 Å². The van der Waals surface area contributed by atoms with E-state index >= 15 is 0 Å². The molecule has 0 spiro atoms. The second-order valence-electron chi connectivity index (χ2n) is 4.13. The average Bonchev–Trinajstić information content (AvgIpc) is 2.61. The molecule has 0 aliphatic heterocycles. The van der Waals surface area contributed by atoms with Crippen LogP contribution in [0, 0.1) is 13.8 Å². The van der Waals surface area contributed by atoms with Crippen molar-refractivity contribution in [3.8, 4) is 0 Å². The van der Waals surface area contributed by atoms with E-state index in [0.717, 1.165) is 0 Å². The Bertz CT molecular complexity index is 570. The highest BCUT2D eigenvalue weighted by molar-refractivity contribution is 7.89. The molecule has 0 aliphatic carbocycles. The van der Waals surface area contributed by atoms with Crippen molar-refractivity contribution in [1.82, 2.24) is 4.72 Å². The van der Waals surface area contributed by atoms with Crippen LogP contribution in [-0.4, -0.2) is 37.2 Å². The molecule has 0 amide bonds. The van der Waals surface area contributed by atoms with Gasteiger partial charge in [0.1, 0.15) is 22.0 Å². The lowest BCUT2D eigenvalue weighted by molar-refractivity contribution is 0.0691. The van der Waals surface area contributed by atoms with Crippen LogP contribution < -0.4 is 4.72 Å². The molecule has 8 heteroatoms. The molecule has 1 aromatic rings. The molecule has 19 heavy (non-hydrogen) atoms. The molecule has 0 fully saturated rings. The van der Waals surface area contributed by atoms with Crippen molar-refractivity contribution >= 4 is 16.0 Å². The summed E-state index contributed by atoms with van der Waals surface area (Å²) in [5, 5.41) is 18.1. The summed E-state index contributed by atoms with van der Waals surface area (Å²) in [6.07, 6.45) is 0.383. The molecular weight excluding hydrogens is 274 g/mol. The van der Waals surface area contributed by atoms with Crippen LogP contribution in [0.1, 0.15) is 35.2 Å². The predicted molar refractivity (Wildman–Crippen MR) is 66.6 cm³/mol. The zero-order chi connectivity index (χ0) is 14.8. The zero-order valence-electron chi connectivity index (χ0n) is 10.9. The van der Waals surface area contributed by atoms with Gasteiger partial charge in [-0.1, -0.05) is 6.92 Å². The van der Waals surface area contributed by atoms with Crippen LogP contribution in [0.3, 0.4) is 0 Å². The Labute approximate surface area is 111 Å². The summed E-state index contributed by atoms with van der Waals surface area (Å²) in [4.78, 5) is 10.7. The van der Waals surface area contributed by atoms with Crippen LogP contribution in [0.5, 0.6) is 0 Å². The highest BCUT2D eigenvalue weighted by Gasteiger charge is 2.31. The van der Waals surface area contributed by atoms with E-state index in [0.29, 0.717) is 6.42 Å². The maximum absolute atomic E-state index is 12.2. The van der Waals surface area contributed by atoms with Gasteiger partial charge in [-0.3, -0.25) is 0 Å². The minimum atomic E-state index is -4.05. The Hall–Kier alpha value is -1.38. The summed E-state index contributed by atoms with van der Waals surface area (Å²) in [7, 11) is -4.05. The van der Waals surface area contributed by atoms with E-state index in [2.05, 4.69) is 4.72 Å². The van der Waals surface area contributed by atoms with Crippen LogP contribution >= 0.6 is 0 Å². The number of aliphatic hydroxyl groups excluding tert-OH is 1. The van der Waals surface area contributed by atoms with Crippen molar-refractivity contribution in [2.75, 3.05) is 6.61 Å². The molecule has 0 aromatic carbocycles. The van der Waals surface area contributed by atoms with E-state index in [1.165, 1.54) is 13.8 Å². The Morgan fingerprint density at radius 1 is 1.37 bits per heavy atom. The summed E-state index contributed by atoms with van der Waals surface area (Å²) in [5.74, 6) is -1.33. The number of sulfonamides is 1. The fraction of sp³-hybridized carbons (Fsp3) is 0.545. The van der Waals surface area contributed by atoms with Gasteiger partial charge in [0, 0.05) is 6.04 Å². The fourth-order valence-electron chi connectivity index (χ4n) is 1.76. The first-order valence-electron chi connectivity index (χ1n) is 5.71. The fourth-order valence-corrected chi connectivity index (χ4v) is 3.48. The second-order valence-corrected chi connectivity index (χ2v) is 5.78. The molecule has 7 nitrogen and oxygen atoms in total. The molecule has 0 saturated carbocycles. The number of aromatic carboxylic acids is 1. The quantitative estimate of drug-likeness (QED) is 0.708. The lowest BCUT2D eigenvalue weighted by Gasteiger charge is -2.14. The zero-order valence-corrected chi connectivity index (χ0v) is 11.7. The van der Waals surface area contributed by atoms with E-state index < -0.39 is 22.0 Å². The molecular formula is C11H17NO6S. The van der Waals surface area contributed by atoms with E-state index in [1.54, 1.807) is 6.92 Å².